The highest BCUT2D eigenvalue weighted by atomic mass is 16.5. The first-order valence-corrected chi connectivity index (χ1v) is 9.11. The van der Waals surface area contributed by atoms with Gasteiger partial charge in [0.25, 0.3) is 0 Å². The number of hydrogen-bond acceptors (Lipinski definition) is 5. The van der Waals surface area contributed by atoms with Gasteiger partial charge in [0.15, 0.2) is 17.1 Å². The Bertz CT molecular complexity index is 900. The Morgan fingerprint density at radius 2 is 1.88 bits per heavy atom. The molecule has 0 unspecified atom stereocenters. The highest BCUT2D eigenvalue weighted by Crippen LogP contribution is 2.36. The summed E-state index contributed by atoms with van der Waals surface area (Å²) in [6, 6.07) is 6.39. The minimum absolute atomic E-state index is 0.482. The van der Waals surface area contributed by atoms with Crippen LogP contribution in [0.3, 0.4) is 0 Å². The quantitative estimate of drug-likeness (QED) is 0.747. The molecule has 6 heteroatoms. The summed E-state index contributed by atoms with van der Waals surface area (Å²) >= 11 is 0. The average molecular weight is 352 g/mol. The fourth-order valence-corrected chi connectivity index (χ4v) is 3.67. The summed E-state index contributed by atoms with van der Waals surface area (Å²) in [6.07, 6.45) is 11.8. The van der Waals surface area contributed by atoms with E-state index in [9.17, 15) is 0 Å². The van der Waals surface area contributed by atoms with Gasteiger partial charge in [-0.3, -0.25) is 9.38 Å². The molecule has 1 fully saturated rings. The van der Waals surface area contributed by atoms with Crippen molar-refractivity contribution in [3.8, 4) is 22.8 Å². The molecule has 4 rings (SSSR count). The molecule has 0 aliphatic heterocycles. The van der Waals surface area contributed by atoms with E-state index < -0.39 is 0 Å². The summed E-state index contributed by atoms with van der Waals surface area (Å²) < 4.78 is 12.9. The molecule has 0 saturated heterocycles. The van der Waals surface area contributed by atoms with E-state index in [1.54, 1.807) is 26.6 Å². The number of hydrogen-bond donors (Lipinski definition) is 1. The van der Waals surface area contributed by atoms with E-state index in [-0.39, 0.29) is 0 Å². The zero-order chi connectivity index (χ0) is 17.9. The number of methoxy groups -OCH3 is 2. The summed E-state index contributed by atoms with van der Waals surface area (Å²) in [7, 11) is 3.29. The Morgan fingerprint density at radius 1 is 1.08 bits per heavy atom. The second kappa shape index (κ2) is 7.23. The first kappa shape index (κ1) is 16.7. The van der Waals surface area contributed by atoms with Crippen LogP contribution in [0.15, 0.2) is 36.8 Å². The normalized spacial score (nSPS) is 15.2. The van der Waals surface area contributed by atoms with Gasteiger partial charge in [-0.2, -0.15) is 0 Å². The van der Waals surface area contributed by atoms with Crippen LogP contribution in [0.4, 0.5) is 5.82 Å². The van der Waals surface area contributed by atoms with Gasteiger partial charge in [0.05, 0.1) is 20.4 Å². The maximum atomic E-state index is 5.47. The number of rotatable bonds is 5. The van der Waals surface area contributed by atoms with E-state index in [1.165, 1.54) is 32.1 Å². The molecule has 2 aromatic heterocycles. The van der Waals surface area contributed by atoms with Crippen molar-refractivity contribution in [1.82, 2.24) is 14.4 Å². The maximum Gasteiger partial charge on any atom is 0.161 e. The lowest BCUT2D eigenvalue weighted by Gasteiger charge is -2.24. The van der Waals surface area contributed by atoms with Crippen LogP contribution in [0.2, 0.25) is 0 Å². The van der Waals surface area contributed by atoms with Crippen LogP contribution >= 0.6 is 0 Å². The molecule has 6 nitrogen and oxygen atoms in total. The minimum atomic E-state index is 0.482. The molecule has 1 aromatic carbocycles. The van der Waals surface area contributed by atoms with Gasteiger partial charge < -0.3 is 14.8 Å². The fourth-order valence-electron chi connectivity index (χ4n) is 3.67. The van der Waals surface area contributed by atoms with Crippen molar-refractivity contribution in [3.63, 3.8) is 0 Å². The van der Waals surface area contributed by atoms with Crippen molar-refractivity contribution in [3.05, 3.63) is 36.8 Å². The first-order chi connectivity index (χ1) is 12.8. The Morgan fingerprint density at radius 3 is 2.65 bits per heavy atom. The van der Waals surface area contributed by atoms with E-state index in [0.29, 0.717) is 17.5 Å². The van der Waals surface area contributed by atoms with Crippen molar-refractivity contribution in [2.24, 2.45) is 0 Å². The molecule has 3 aromatic rings. The van der Waals surface area contributed by atoms with Crippen molar-refractivity contribution < 1.29 is 9.47 Å². The summed E-state index contributed by atoms with van der Waals surface area (Å²) in [5.74, 6) is 2.42. The Balaban J connectivity index is 1.80. The van der Waals surface area contributed by atoms with Crippen LogP contribution in [0.5, 0.6) is 11.5 Å². The lowest BCUT2D eigenvalue weighted by Crippen LogP contribution is -2.23. The molecule has 1 N–H and O–H groups in total. The van der Waals surface area contributed by atoms with Crippen molar-refractivity contribution >= 4 is 11.5 Å². The van der Waals surface area contributed by atoms with Gasteiger partial charge in [-0.25, -0.2) is 4.98 Å². The van der Waals surface area contributed by atoms with Gasteiger partial charge >= 0.3 is 0 Å². The van der Waals surface area contributed by atoms with Gasteiger partial charge in [0.1, 0.15) is 11.5 Å². The summed E-state index contributed by atoms with van der Waals surface area (Å²) in [5, 5.41) is 3.74. The van der Waals surface area contributed by atoms with Gasteiger partial charge in [0, 0.05) is 24.0 Å². The zero-order valence-electron chi connectivity index (χ0n) is 15.2. The monoisotopic (exact) mass is 352 g/mol. The van der Waals surface area contributed by atoms with Crippen LogP contribution < -0.4 is 14.8 Å². The van der Waals surface area contributed by atoms with Crippen molar-refractivity contribution in [2.45, 2.75) is 38.1 Å². The predicted octanol–water partition coefficient (Wildman–Crippen LogP) is 4.16. The molecular formula is C20H24N4O2. The second-order valence-electron chi connectivity index (χ2n) is 6.66. The van der Waals surface area contributed by atoms with Gasteiger partial charge in [-0.05, 0) is 31.0 Å². The smallest absolute Gasteiger partial charge is 0.161 e. The number of imidazole rings is 1. The summed E-state index contributed by atoms with van der Waals surface area (Å²) in [4.78, 5) is 9.03. The standard InChI is InChI=1S/C20H24N4O2/c1-25-16-9-8-14(12-17(16)26-2)19-20(22-15-6-4-3-5-7-15)24-11-10-21-13-18(24)23-19/h8-13,15,22H,3-7H2,1-2H3. The SMILES string of the molecule is COc1ccc(-c2nc3cnccn3c2NC2CCCCC2)cc1OC. The lowest BCUT2D eigenvalue weighted by molar-refractivity contribution is 0.355. The molecule has 1 saturated carbocycles. The third-order valence-corrected chi connectivity index (χ3v) is 5.03. The van der Waals surface area contributed by atoms with Gasteiger partial charge in [-0.15, -0.1) is 0 Å². The zero-order valence-corrected chi connectivity index (χ0v) is 15.2. The molecule has 2 heterocycles. The fraction of sp³-hybridized carbons (Fsp3) is 0.400. The topological polar surface area (TPSA) is 60.7 Å². The number of benzene rings is 1. The number of nitrogens with one attached hydrogen (secondary N) is 1. The third kappa shape index (κ3) is 3.07. The van der Waals surface area contributed by atoms with Gasteiger partial charge in [-0.1, -0.05) is 19.3 Å². The van der Waals surface area contributed by atoms with Gasteiger partial charge in [0.2, 0.25) is 0 Å². The summed E-state index contributed by atoms with van der Waals surface area (Å²) in [5.41, 5.74) is 2.73. The molecule has 0 amide bonds. The Kier molecular flexibility index (Phi) is 4.65. The van der Waals surface area contributed by atoms with Crippen LogP contribution in [-0.2, 0) is 0 Å². The first-order valence-electron chi connectivity index (χ1n) is 9.11. The van der Waals surface area contributed by atoms with Crippen LogP contribution in [0.1, 0.15) is 32.1 Å². The second-order valence-corrected chi connectivity index (χ2v) is 6.66. The lowest BCUT2D eigenvalue weighted by atomic mass is 9.95. The molecule has 26 heavy (non-hydrogen) atoms. The highest BCUT2D eigenvalue weighted by Gasteiger charge is 2.20. The van der Waals surface area contributed by atoms with Crippen molar-refractivity contribution in [1.29, 1.82) is 0 Å². The van der Waals surface area contributed by atoms with E-state index in [1.807, 2.05) is 24.4 Å². The van der Waals surface area contributed by atoms with Crippen LogP contribution in [0, 0.1) is 0 Å². The number of anilines is 1. The molecule has 1 aliphatic rings. The molecule has 0 spiro atoms. The highest BCUT2D eigenvalue weighted by molar-refractivity contribution is 5.78. The number of aromatic nitrogens is 3. The number of nitrogens with zero attached hydrogens (tertiary/aromatic N) is 3. The molecule has 0 radical (unpaired) electrons. The van der Waals surface area contributed by atoms with Crippen LogP contribution in [-0.4, -0.2) is 34.6 Å². The minimum Gasteiger partial charge on any atom is -0.493 e. The van der Waals surface area contributed by atoms with E-state index in [4.69, 9.17) is 14.5 Å². The maximum absolute atomic E-state index is 5.47. The summed E-state index contributed by atoms with van der Waals surface area (Å²) in [6.45, 7) is 0. The number of ether oxygens (including phenoxy) is 2. The van der Waals surface area contributed by atoms with E-state index in [2.05, 4.69) is 14.7 Å². The molecule has 136 valence electrons. The average Bonchev–Trinajstić information content (AvgIpc) is 3.07. The van der Waals surface area contributed by atoms with Crippen LogP contribution in [0.25, 0.3) is 16.9 Å². The predicted molar refractivity (Wildman–Crippen MR) is 102 cm³/mol. The van der Waals surface area contributed by atoms with E-state index >= 15 is 0 Å². The van der Waals surface area contributed by atoms with Crippen molar-refractivity contribution in [2.75, 3.05) is 19.5 Å². The Hall–Kier alpha value is -2.76. The number of fused-ring (bicyclic) bond motifs is 1. The molecular weight excluding hydrogens is 328 g/mol. The molecule has 0 atom stereocenters. The largest absolute Gasteiger partial charge is 0.493 e. The third-order valence-electron chi connectivity index (χ3n) is 5.03. The molecule has 0 bridgehead atoms. The van der Waals surface area contributed by atoms with E-state index in [0.717, 1.165) is 22.7 Å². The molecule has 1 aliphatic carbocycles. The Labute approximate surface area is 153 Å².